The van der Waals surface area contributed by atoms with Gasteiger partial charge in [0, 0.05) is 27.2 Å². The summed E-state index contributed by atoms with van der Waals surface area (Å²) in [6, 6.07) is 4.06. The summed E-state index contributed by atoms with van der Waals surface area (Å²) < 4.78 is 2.39. The van der Waals surface area contributed by atoms with Gasteiger partial charge >= 0.3 is 0 Å². The van der Waals surface area contributed by atoms with Gasteiger partial charge in [0.2, 0.25) is 0 Å². The summed E-state index contributed by atoms with van der Waals surface area (Å²) in [5, 5.41) is 5.13. The first kappa shape index (κ1) is 13.4. The third-order valence-electron chi connectivity index (χ3n) is 3.93. The van der Waals surface area contributed by atoms with Crippen molar-refractivity contribution in [2.75, 3.05) is 12.4 Å². The van der Waals surface area contributed by atoms with Crippen molar-refractivity contribution in [1.82, 2.24) is 5.32 Å². The lowest BCUT2D eigenvalue weighted by molar-refractivity contribution is 0.0939. The van der Waals surface area contributed by atoms with E-state index in [4.69, 9.17) is 11.6 Å². The topological polar surface area (TPSA) is 29.1 Å². The lowest BCUT2D eigenvalue weighted by Crippen LogP contribution is -2.36. The van der Waals surface area contributed by atoms with Crippen molar-refractivity contribution in [3.63, 3.8) is 0 Å². The van der Waals surface area contributed by atoms with Crippen LogP contribution in [0, 0.1) is 5.41 Å². The molecule has 0 unspecified atom stereocenters. The first-order valence-corrected chi connectivity index (χ1v) is 8.77. The highest BCUT2D eigenvalue weighted by Gasteiger charge is 2.33. The van der Waals surface area contributed by atoms with Crippen LogP contribution in [-0.2, 0) is 0 Å². The molecule has 0 aromatic carbocycles. The van der Waals surface area contributed by atoms with Crippen molar-refractivity contribution in [1.29, 1.82) is 0 Å². The molecule has 0 radical (unpaired) electrons. The number of thiophene rings is 2. The van der Waals surface area contributed by atoms with E-state index >= 15 is 0 Å². The molecule has 5 heteroatoms. The molecule has 102 valence electrons. The van der Waals surface area contributed by atoms with Crippen LogP contribution in [0.2, 0.25) is 0 Å². The number of amides is 1. The van der Waals surface area contributed by atoms with E-state index in [0.717, 1.165) is 17.7 Å². The van der Waals surface area contributed by atoms with Gasteiger partial charge in [-0.1, -0.05) is 12.8 Å². The Morgan fingerprint density at radius 1 is 1.37 bits per heavy atom. The summed E-state index contributed by atoms with van der Waals surface area (Å²) in [5.74, 6) is 0.692. The summed E-state index contributed by atoms with van der Waals surface area (Å²) in [4.78, 5) is 13.0. The number of carbonyl (C=O) groups excluding carboxylic acids is 1. The lowest BCUT2D eigenvalue weighted by atomic mass is 9.88. The second-order valence-corrected chi connectivity index (χ2v) is 7.58. The highest BCUT2D eigenvalue weighted by Crippen LogP contribution is 2.38. The lowest BCUT2D eigenvalue weighted by Gasteiger charge is -2.26. The van der Waals surface area contributed by atoms with Crippen molar-refractivity contribution in [3.8, 4) is 0 Å². The molecule has 1 saturated carbocycles. The minimum atomic E-state index is 0.0461. The molecule has 1 aliphatic rings. The third kappa shape index (κ3) is 2.67. The number of nitrogens with one attached hydrogen (secondary N) is 1. The summed E-state index contributed by atoms with van der Waals surface area (Å²) in [7, 11) is 0. The summed E-state index contributed by atoms with van der Waals surface area (Å²) in [5.41, 5.74) is 0.131. The van der Waals surface area contributed by atoms with E-state index in [0.29, 0.717) is 12.4 Å². The van der Waals surface area contributed by atoms with Gasteiger partial charge in [0.05, 0.1) is 4.88 Å². The monoisotopic (exact) mass is 313 g/mol. The molecule has 2 aromatic rings. The van der Waals surface area contributed by atoms with E-state index in [1.165, 1.54) is 22.2 Å². The van der Waals surface area contributed by atoms with Crippen molar-refractivity contribution >= 4 is 49.6 Å². The van der Waals surface area contributed by atoms with Crippen molar-refractivity contribution in [2.24, 2.45) is 5.41 Å². The van der Waals surface area contributed by atoms with Crippen LogP contribution in [0.5, 0.6) is 0 Å². The highest BCUT2D eigenvalue weighted by atomic mass is 35.5. The Bertz CT molecular complexity index is 555. The zero-order chi connectivity index (χ0) is 13.3. The van der Waals surface area contributed by atoms with Crippen LogP contribution in [0.1, 0.15) is 35.4 Å². The van der Waals surface area contributed by atoms with Crippen molar-refractivity contribution in [2.45, 2.75) is 25.7 Å². The van der Waals surface area contributed by atoms with Crippen LogP contribution in [0.4, 0.5) is 0 Å². The van der Waals surface area contributed by atoms with Gasteiger partial charge < -0.3 is 5.32 Å². The van der Waals surface area contributed by atoms with E-state index in [-0.39, 0.29) is 11.3 Å². The molecular weight excluding hydrogens is 298 g/mol. The number of carbonyl (C=O) groups is 1. The second kappa shape index (κ2) is 5.43. The Labute approximate surface area is 125 Å². The second-order valence-electron chi connectivity index (χ2n) is 5.28. The van der Waals surface area contributed by atoms with Gasteiger partial charge in [-0.2, -0.15) is 0 Å². The number of hydrogen-bond donors (Lipinski definition) is 1. The molecule has 1 aliphatic carbocycles. The Morgan fingerprint density at radius 3 is 2.84 bits per heavy atom. The Morgan fingerprint density at radius 2 is 2.16 bits per heavy atom. The summed E-state index contributed by atoms with van der Waals surface area (Å²) in [6.45, 7) is 0.709. The molecule has 2 nitrogen and oxygen atoms in total. The molecule has 1 N–H and O–H groups in total. The molecule has 0 saturated heterocycles. The molecule has 19 heavy (non-hydrogen) atoms. The third-order valence-corrected chi connectivity index (χ3v) is 6.59. The van der Waals surface area contributed by atoms with E-state index in [1.807, 2.05) is 6.07 Å². The van der Waals surface area contributed by atoms with Crippen LogP contribution < -0.4 is 5.32 Å². The summed E-state index contributed by atoms with van der Waals surface area (Å²) >= 11 is 9.34. The molecule has 2 heterocycles. The molecular formula is C14H16ClNOS2. The largest absolute Gasteiger partial charge is 0.351 e. The van der Waals surface area contributed by atoms with Gasteiger partial charge in [-0.25, -0.2) is 0 Å². The number of alkyl halides is 1. The average molecular weight is 314 g/mol. The first-order valence-electron chi connectivity index (χ1n) is 6.54. The normalized spacial score (nSPS) is 17.9. The number of rotatable bonds is 4. The Hall–Kier alpha value is -0.580. The van der Waals surface area contributed by atoms with E-state index < -0.39 is 0 Å². The maximum absolute atomic E-state index is 12.2. The average Bonchev–Trinajstić information content (AvgIpc) is 3.11. The fraction of sp³-hybridized carbons (Fsp3) is 0.500. The van der Waals surface area contributed by atoms with Crippen LogP contribution in [-0.4, -0.2) is 18.3 Å². The van der Waals surface area contributed by atoms with Crippen LogP contribution >= 0.6 is 34.3 Å². The maximum Gasteiger partial charge on any atom is 0.261 e. The zero-order valence-corrected chi connectivity index (χ0v) is 13.0. The van der Waals surface area contributed by atoms with Gasteiger partial charge in [0.1, 0.15) is 0 Å². The first-order chi connectivity index (χ1) is 9.22. The number of fused-ring (bicyclic) bond motifs is 1. The molecule has 0 aliphatic heterocycles. The number of hydrogen-bond acceptors (Lipinski definition) is 3. The van der Waals surface area contributed by atoms with Crippen molar-refractivity contribution in [3.05, 3.63) is 22.4 Å². The van der Waals surface area contributed by atoms with E-state index in [1.54, 1.807) is 22.7 Å². The van der Waals surface area contributed by atoms with Crippen LogP contribution in [0.25, 0.3) is 9.40 Å². The van der Waals surface area contributed by atoms with Crippen LogP contribution in [0.15, 0.2) is 17.5 Å². The standard InChI is InChI=1S/C14H16ClNOS2/c15-8-14(4-1-2-5-14)9-16-13(17)12-7-11-10(19-12)3-6-18-11/h3,6-7H,1-2,4-5,8-9H2,(H,16,17). The Kier molecular flexibility index (Phi) is 3.83. The minimum Gasteiger partial charge on any atom is -0.351 e. The van der Waals surface area contributed by atoms with Gasteiger partial charge in [-0.15, -0.1) is 34.3 Å². The molecule has 0 bridgehead atoms. The Balaban J connectivity index is 1.66. The van der Waals surface area contributed by atoms with E-state index in [2.05, 4.69) is 16.8 Å². The molecule has 2 aromatic heterocycles. The maximum atomic E-state index is 12.2. The predicted octanol–water partition coefficient (Wildman–Crippen LogP) is 4.49. The van der Waals surface area contributed by atoms with Crippen LogP contribution in [0.3, 0.4) is 0 Å². The molecule has 0 spiro atoms. The summed E-state index contributed by atoms with van der Waals surface area (Å²) in [6.07, 6.45) is 4.74. The minimum absolute atomic E-state index is 0.0461. The molecule has 0 atom stereocenters. The van der Waals surface area contributed by atoms with Gasteiger partial charge in [-0.3, -0.25) is 4.79 Å². The smallest absolute Gasteiger partial charge is 0.261 e. The van der Waals surface area contributed by atoms with Gasteiger partial charge in [-0.05, 0) is 30.4 Å². The zero-order valence-electron chi connectivity index (χ0n) is 10.6. The molecule has 3 rings (SSSR count). The fourth-order valence-corrected chi connectivity index (χ4v) is 5.10. The molecule has 1 fully saturated rings. The molecule has 1 amide bonds. The number of halogens is 1. The quantitative estimate of drug-likeness (QED) is 0.828. The predicted molar refractivity (Wildman–Crippen MR) is 83.7 cm³/mol. The highest BCUT2D eigenvalue weighted by molar-refractivity contribution is 7.27. The van der Waals surface area contributed by atoms with Gasteiger partial charge in [0.25, 0.3) is 5.91 Å². The SMILES string of the molecule is O=C(NCC1(CCl)CCCC1)c1cc2sccc2s1. The van der Waals surface area contributed by atoms with Gasteiger partial charge in [0.15, 0.2) is 0 Å². The van der Waals surface area contributed by atoms with Crippen molar-refractivity contribution < 1.29 is 4.79 Å². The van der Waals surface area contributed by atoms with E-state index in [9.17, 15) is 4.79 Å². The fourth-order valence-electron chi connectivity index (χ4n) is 2.72.